The van der Waals surface area contributed by atoms with Crippen LogP contribution < -0.4 is 0 Å². The number of ketones is 1. The molecule has 0 aliphatic heterocycles. The lowest BCUT2D eigenvalue weighted by Crippen LogP contribution is -2.54. The third-order valence-electron chi connectivity index (χ3n) is 9.13. The summed E-state index contributed by atoms with van der Waals surface area (Å²) in [5, 5.41) is 10.1. The molecule has 8 atom stereocenters. The van der Waals surface area contributed by atoms with Gasteiger partial charge in [-0.25, -0.2) is 0 Å². The van der Waals surface area contributed by atoms with Gasteiger partial charge in [-0.3, -0.25) is 4.79 Å². The van der Waals surface area contributed by atoms with Crippen molar-refractivity contribution < 1.29 is 9.90 Å². The van der Waals surface area contributed by atoms with Gasteiger partial charge in [-0.1, -0.05) is 13.8 Å². The summed E-state index contributed by atoms with van der Waals surface area (Å²) in [5.41, 5.74) is 0.738. The van der Waals surface area contributed by atoms with Crippen molar-refractivity contribution >= 4 is 5.78 Å². The van der Waals surface area contributed by atoms with Crippen LogP contribution in [0.4, 0.5) is 0 Å². The maximum Gasteiger partial charge on any atom is 0.133 e. The third kappa shape index (κ3) is 2.19. The maximum atomic E-state index is 12.2. The van der Waals surface area contributed by atoms with Gasteiger partial charge in [-0.2, -0.15) is 0 Å². The highest BCUT2D eigenvalue weighted by molar-refractivity contribution is 5.79. The number of aliphatic hydroxyl groups excluding tert-OH is 1. The Bertz CT molecular complexity index is 500. The van der Waals surface area contributed by atoms with E-state index in [0.717, 1.165) is 42.9 Å². The van der Waals surface area contributed by atoms with Crippen LogP contribution in [-0.2, 0) is 4.79 Å². The zero-order chi connectivity index (χ0) is 16.4. The standard InChI is InChI=1S/C21H34O2/c1-13(22)17-6-7-18-16-5-4-14-12-15(23)8-10-20(14,2)19(16)9-11-21(17,18)3/h14-19,23H,4-12H2,1-3H3/t14-,15-,16+,17-,18-,19+,20+,21-/m1/s1. The van der Waals surface area contributed by atoms with Gasteiger partial charge >= 0.3 is 0 Å². The van der Waals surface area contributed by atoms with E-state index in [-0.39, 0.29) is 11.5 Å². The van der Waals surface area contributed by atoms with Crippen LogP contribution >= 0.6 is 0 Å². The molecular formula is C21H34O2. The van der Waals surface area contributed by atoms with Gasteiger partial charge in [-0.05, 0) is 99.2 Å². The van der Waals surface area contributed by atoms with Gasteiger partial charge in [0.1, 0.15) is 5.78 Å². The lowest BCUT2D eigenvalue weighted by molar-refractivity contribution is -0.138. The van der Waals surface area contributed by atoms with Crippen LogP contribution in [0.3, 0.4) is 0 Å². The molecule has 0 unspecified atom stereocenters. The molecule has 4 aliphatic carbocycles. The van der Waals surface area contributed by atoms with Gasteiger partial charge in [0.05, 0.1) is 6.10 Å². The average Bonchev–Trinajstić information content (AvgIpc) is 2.85. The highest BCUT2D eigenvalue weighted by atomic mass is 16.3. The van der Waals surface area contributed by atoms with E-state index in [4.69, 9.17) is 0 Å². The molecule has 0 saturated heterocycles. The Morgan fingerprint density at radius 3 is 2.35 bits per heavy atom. The van der Waals surface area contributed by atoms with Crippen molar-refractivity contribution in [2.45, 2.75) is 84.7 Å². The van der Waals surface area contributed by atoms with Gasteiger partial charge in [0.15, 0.2) is 0 Å². The lowest BCUT2D eigenvalue weighted by Gasteiger charge is -2.60. The molecule has 0 spiro atoms. The van der Waals surface area contributed by atoms with E-state index in [1.165, 1.54) is 38.5 Å². The second-order valence-electron chi connectivity index (χ2n) is 9.87. The Kier molecular flexibility index (Phi) is 3.72. The smallest absolute Gasteiger partial charge is 0.133 e. The number of hydrogen-bond donors (Lipinski definition) is 1. The molecule has 0 aromatic heterocycles. The minimum absolute atomic E-state index is 0.0490. The van der Waals surface area contributed by atoms with Gasteiger partial charge in [0.25, 0.3) is 0 Å². The molecule has 2 heteroatoms. The summed E-state index contributed by atoms with van der Waals surface area (Å²) in [7, 11) is 0. The lowest BCUT2D eigenvalue weighted by atomic mass is 9.44. The zero-order valence-electron chi connectivity index (χ0n) is 15.2. The molecule has 0 aromatic carbocycles. The van der Waals surface area contributed by atoms with E-state index in [2.05, 4.69) is 13.8 Å². The number of rotatable bonds is 1. The Morgan fingerprint density at radius 2 is 1.61 bits per heavy atom. The number of carbonyl (C=O) groups excluding carboxylic acids is 1. The molecule has 1 N–H and O–H groups in total. The average molecular weight is 319 g/mol. The molecule has 0 bridgehead atoms. The molecule has 0 radical (unpaired) electrons. The van der Waals surface area contributed by atoms with Crippen molar-refractivity contribution in [2.75, 3.05) is 0 Å². The zero-order valence-corrected chi connectivity index (χ0v) is 15.2. The van der Waals surface area contributed by atoms with Crippen LogP contribution in [-0.4, -0.2) is 17.0 Å². The third-order valence-corrected chi connectivity index (χ3v) is 9.13. The minimum atomic E-state index is -0.0490. The molecular weight excluding hydrogens is 284 g/mol. The molecule has 4 saturated carbocycles. The van der Waals surface area contributed by atoms with Crippen molar-refractivity contribution in [3.8, 4) is 0 Å². The predicted molar refractivity (Wildman–Crippen MR) is 91.9 cm³/mol. The summed E-state index contributed by atoms with van der Waals surface area (Å²) in [6, 6.07) is 0. The second kappa shape index (κ2) is 5.31. The minimum Gasteiger partial charge on any atom is -0.393 e. The van der Waals surface area contributed by atoms with Crippen molar-refractivity contribution in [1.82, 2.24) is 0 Å². The maximum absolute atomic E-state index is 12.2. The normalized spacial score (nSPS) is 55.7. The molecule has 23 heavy (non-hydrogen) atoms. The number of hydrogen-bond acceptors (Lipinski definition) is 2. The Labute approximate surface area is 141 Å². The van der Waals surface area contributed by atoms with E-state index < -0.39 is 0 Å². The van der Waals surface area contributed by atoms with E-state index >= 15 is 0 Å². The molecule has 0 amide bonds. The highest BCUT2D eigenvalue weighted by Gasteiger charge is 2.60. The van der Waals surface area contributed by atoms with Crippen molar-refractivity contribution in [1.29, 1.82) is 0 Å². The summed E-state index contributed by atoms with van der Waals surface area (Å²) >= 11 is 0. The monoisotopic (exact) mass is 318 g/mol. The summed E-state index contributed by atoms with van der Waals surface area (Å²) in [6.45, 7) is 6.80. The van der Waals surface area contributed by atoms with Crippen LogP contribution in [0.5, 0.6) is 0 Å². The van der Waals surface area contributed by atoms with Gasteiger partial charge in [0.2, 0.25) is 0 Å². The highest BCUT2D eigenvalue weighted by Crippen LogP contribution is 2.67. The Balaban J connectivity index is 1.61. The van der Waals surface area contributed by atoms with E-state index in [1.807, 2.05) is 6.92 Å². The topological polar surface area (TPSA) is 37.3 Å². The molecule has 130 valence electrons. The van der Waals surface area contributed by atoms with Crippen molar-refractivity contribution in [2.24, 2.45) is 40.4 Å². The SMILES string of the molecule is CC(=O)[C@H]1CC[C@@H]2[C@@H]3CC[C@@H]4C[C@H](O)CC[C@]4(C)[C@H]3CC[C@]12C. The fraction of sp³-hybridized carbons (Fsp3) is 0.952. The Morgan fingerprint density at radius 1 is 0.913 bits per heavy atom. The molecule has 4 aliphatic rings. The molecule has 0 heterocycles. The first kappa shape index (κ1) is 16.1. The van der Waals surface area contributed by atoms with Crippen LogP contribution in [0.15, 0.2) is 0 Å². The molecule has 2 nitrogen and oxygen atoms in total. The largest absolute Gasteiger partial charge is 0.393 e. The predicted octanol–water partition coefficient (Wildman–Crippen LogP) is 4.60. The number of aliphatic hydroxyl groups is 1. The van der Waals surface area contributed by atoms with Gasteiger partial charge < -0.3 is 5.11 Å². The number of Topliss-reactive ketones (excluding diaryl/α,β-unsaturated/α-hetero) is 1. The quantitative estimate of drug-likeness (QED) is 0.767. The fourth-order valence-electron chi connectivity index (χ4n) is 7.90. The summed E-state index contributed by atoms with van der Waals surface area (Å²) in [5.74, 6) is 3.97. The van der Waals surface area contributed by atoms with Crippen LogP contribution in [0.2, 0.25) is 0 Å². The van der Waals surface area contributed by atoms with E-state index in [9.17, 15) is 9.90 Å². The first-order valence-electron chi connectivity index (χ1n) is 10.0. The number of fused-ring (bicyclic) bond motifs is 5. The molecule has 4 fully saturated rings. The molecule has 4 rings (SSSR count). The fourth-order valence-corrected chi connectivity index (χ4v) is 7.90. The van der Waals surface area contributed by atoms with Crippen molar-refractivity contribution in [3.63, 3.8) is 0 Å². The van der Waals surface area contributed by atoms with E-state index in [0.29, 0.717) is 17.1 Å². The summed E-state index contributed by atoms with van der Waals surface area (Å²) in [4.78, 5) is 12.2. The first-order chi connectivity index (χ1) is 10.9. The van der Waals surface area contributed by atoms with E-state index in [1.54, 1.807) is 0 Å². The summed E-state index contributed by atoms with van der Waals surface area (Å²) in [6.07, 6.45) is 10.9. The summed E-state index contributed by atoms with van der Waals surface area (Å²) < 4.78 is 0. The van der Waals surface area contributed by atoms with Gasteiger partial charge in [0, 0.05) is 5.92 Å². The first-order valence-corrected chi connectivity index (χ1v) is 10.0. The molecule has 0 aromatic rings. The van der Waals surface area contributed by atoms with Gasteiger partial charge in [-0.15, -0.1) is 0 Å². The second-order valence-corrected chi connectivity index (χ2v) is 9.87. The van der Waals surface area contributed by atoms with Crippen molar-refractivity contribution in [3.05, 3.63) is 0 Å². The van der Waals surface area contributed by atoms with Crippen LogP contribution in [0.25, 0.3) is 0 Å². The van der Waals surface area contributed by atoms with Crippen LogP contribution in [0, 0.1) is 40.4 Å². The van der Waals surface area contributed by atoms with Crippen LogP contribution in [0.1, 0.15) is 78.6 Å². The Hall–Kier alpha value is -0.370. The number of carbonyl (C=O) groups is 1.